The lowest BCUT2D eigenvalue weighted by Crippen LogP contribution is -2.09. The van der Waals surface area contributed by atoms with Crippen LogP contribution in [0.4, 0.5) is 10.2 Å². The molecule has 1 heterocycles. The number of nitrogen functional groups attached to an aromatic ring is 1. The summed E-state index contributed by atoms with van der Waals surface area (Å²) in [6.07, 6.45) is 0. The highest BCUT2D eigenvalue weighted by Gasteiger charge is 2.12. The molecule has 0 unspecified atom stereocenters. The van der Waals surface area contributed by atoms with Crippen LogP contribution in [0.25, 0.3) is 0 Å². The van der Waals surface area contributed by atoms with Crippen LogP contribution in [-0.2, 0) is 0 Å². The van der Waals surface area contributed by atoms with Gasteiger partial charge in [-0.1, -0.05) is 23.2 Å². The third-order valence-electron chi connectivity index (χ3n) is 2.13. The smallest absolute Gasteiger partial charge is 0.240 e. The Morgan fingerprint density at radius 1 is 1.26 bits per heavy atom. The fourth-order valence-electron chi connectivity index (χ4n) is 1.28. The van der Waals surface area contributed by atoms with Crippen molar-refractivity contribution in [2.24, 2.45) is 5.84 Å². The fraction of sp³-hybridized carbons (Fsp3) is 0. The number of ether oxygens (including phenoxy) is 1. The van der Waals surface area contributed by atoms with Crippen molar-refractivity contribution in [3.63, 3.8) is 0 Å². The number of anilines is 1. The van der Waals surface area contributed by atoms with Crippen LogP contribution in [-0.4, -0.2) is 4.98 Å². The molecule has 2 aromatic rings. The van der Waals surface area contributed by atoms with Crippen molar-refractivity contribution in [3.05, 3.63) is 44.6 Å². The first kappa shape index (κ1) is 14.3. The molecule has 4 nitrogen and oxygen atoms in total. The molecule has 0 aliphatic carbocycles. The molecule has 2 rings (SSSR count). The summed E-state index contributed by atoms with van der Waals surface area (Å²) in [5.74, 6) is 5.56. The Bertz CT molecular complexity index is 627. The molecule has 3 N–H and O–H groups in total. The molecule has 0 amide bonds. The molecular formula is C11H7BrCl2FN3O. The Hall–Kier alpha value is -1.08. The second-order valence-corrected chi connectivity index (χ2v) is 5.10. The summed E-state index contributed by atoms with van der Waals surface area (Å²) < 4.78 is 18.9. The summed E-state index contributed by atoms with van der Waals surface area (Å²) in [5, 5.41) is 0.471. The Balaban J connectivity index is 2.37. The second kappa shape index (κ2) is 5.92. The number of hydrazine groups is 1. The van der Waals surface area contributed by atoms with E-state index in [2.05, 4.69) is 26.3 Å². The highest BCUT2D eigenvalue weighted by atomic mass is 79.9. The molecule has 19 heavy (non-hydrogen) atoms. The van der Waals surface area contributed by atoms with E-state index in [0.717, 1.165) is 0 Å². The normalized spacial score (nSPS) is 10.4. The monoisotopic (exact) mass is 365 g/mol. The molecule has 0 saturated heterocycles. The predicted octanol–water partition coefficient (Wildman–Crippen LogP) is 4.37. The number of hydrogen-bond donors (Lipinski definition) is 2. The van der Waals surface area contributed by atoms with Gasteiger partial charge < -0.3 is 10.2 Å². The van der Waals surface area contributed by atoms with Crippen LogP contribution < -0.4 is 16.0 Å². The SMILES string of the molecule is NNc1nc(Oc2ccc(F)cc2Br)c(Cl)cc1Cl. The van der Waals surface area contributed by atoms with Crippen molar-refractivity contribution in [2.45, 2.75) is 0 Å². The van der Waals surface area contributed by atoms with E-state index in [1.165, 1.54) is 24.3 Å². The highest BCUT2D eigenvalue weighted by Crippen LogP contribution is 2.35. The standard InChI is InChI=1S/C11H7BrCl2FN3O/c12-6-3-5(15)1-2-9(6)19-11-8(14)4-7(13)10(17-11)18-16/h1-4H,16H2,(H,17,18). The first-order chi connectivity index (χ1) is 9.01. The minimum Gasteiger partial charge on any atom is -0.436 e. The topological polar surface area (TPSA) is 60.2 Å². The molecule has 8 heteroatoms. The van der Waals surface area contributed by atoms with Crippen molar-refractivity contribution in [3.8, 4) is 11.6 Å². The van der Waals surface area contributed by atoms with Crippen molar-refractivity contribution < 1.29 is 9.13 Å². The van der Waals surface area contributed by atoms with Crippen molar-refractivity contribution in [1.29, 1.82) is 0 Å². The second-order valence-electron chi connectivity index (χ2n) is 3.43. The van der Waals surface area contributed by atoms with Gasteiger partial charge in [0, 0.05) is 0 Å². The summed E-state index contributed by atoms with van der Waals surface area (Å²) in [6.45, 7) is 0. The summed E-state index contributed by atoms with van der Waals surface area (Å²) in [5.41, 5.74) is 2.32. The summed E-state index contributed by atoms with van der Waals surface area (Å²) in [4.78, 5) is 4.01. The van der Waals surface area contributed by atoms with Crippen LogP contribution in [0, 0.1) is 5.82 Å². The van der Waals surface area contributed by atoms with Gasteiger partial charge in [0.05, 0.1) is 9.50 Å². The molecular weight excluding hydrogens is 360 g/mol. The van der Waals surface area contributed by atoms with Crippen molar-refractivity contribution in [2.75, 3.05) is 5.43 Å². The quantitative estimate of drug-likeness (QED) is 0.625. The first-order valence-electron chi connectivity index (χ1n) is 4.97. The van der Waals surface area contributed by atoms with Gasteiger partial charge in [-0.05, 0) is 40.2 Å². The molecule has 100 valence electrons. The van der Waals surface area contributed by atoms with E-state index < -0.39 is 5.82 Å². The number of nitrogens with two attached hydrogens (primary N) is 1. The third kappa shape index (κ3) is 3.27. The van der Waals surface area contributed by atoms with Crippen molar-refractivity contribution in [1.82, 2.24) is 4.98 Å². The van der Waals surface area contributed by atoms with Gasteiger partial charge in [0.15, 0.2) is 5.82 Å². The average molecular weight is 367 g/mol. The maximum Gasteiger partial charge on any atom is 0.240 e. The van der Waals surface area contributed by atoms with Crippen LogP contribution in [0.2, 0.25) is 10.0 Å². The van der Waals surface area contributed by atoms with E-state index >= 15 is 0 Å². The molecule has 1 aromatic heterocycles. The van der Waals surface area contributed by atoms with Gasteiger partial charge in [-0.15, -0.1) is 0 Å². The Morgan fingerprint density at radius 3 is 2.63 bits per heavy atom. The molecule has 0 radical (unpaired) electrons. The molecule has 0 bridgehead atoms. The van der Waals surface area contributed by atoms with Crippen LogP contribution >= 0.6 is 39.1 Å². The van der Waals surface area contributed by atoms with Crippen LogP contribution in [0.1, 0.15) is 0 Å². The molecule has 0 spiro atoms. The van der Waals surface area contributed by atoms with E-state index in [1.54, 1.807) is 0 Å². The van der Waals surface area contributed by atoms with Gasteiger partial charge >= 0.3 is 0 Å². The zero-order valence-corrected chi connectivity index (χ0v) is 12.4. The van der Waals surface area contributed by atoms with Gasteiger partial charge in [0.1, 0.15) is 16.6 Å². The number of hydrogen-bond acceptors (Lipinski definition) is 4. The van der Waals surface area contributed by atoms with Crippen molar-refractivity contribution >= 4 is 44.9 Å². The van der Waals surface area contributed by atoms with E-state index in [9.17, 15) is 4.39 Å². The van der Waals surface area contributed by atoms with E-state index in [4.69, 9.17) is 33.8 Å². The molecule has 0 atom stereocenters. The predicted molar refractivity (Wildman–Crippen MR) is 76.2 cm³/mol. The maximum atomic E-state index is 13.0. The van der Waals surface area contributed by atoms with Gasteiger partial charge in [0.25, 0.3) is 0 Å². The number of nitrogens with zero attached hydrogens (tertiary/aromatic N) is 1. The minimum atomic E-state index is -0.390. The van der Waals surface area contributed by atoms with Gasteiger partial charge in [0.2, 0.25) is 5.88 Å². The summed E-state index contributed by atoms with van der Waals surface area (Å²) in [7, 11) is 0. The van der Waals surface area contributed by atoms with Gasteiger partial charge in [-0.3, -0.25) is 0 Å². The van der Waals surface area contributed by atoms with Crippen LogP contribution in [0.3, 0.4) is 0 Å². The lowest BCUT2D eigenvalue weighted by atomic mass is 10.3. The fourth-order valence-corrected chi connectivity index (χ4v) is 2.17. The van der Waals surface area contributed by atoms with E-state index in [0.29, 0.717) is 10.2 Å². The maximum absolute atomic E-state index is 13.0. The van der Waals surface area contributed by atoms with Gasteiger partial charge in [-0.2, -0.15) is 4.98 Å². The Morgan fingerprint density at radius 2 is 2.00 bits per heavy atom. The molecule has 0 aliphatic heterocycles. The van der Waals surface area contributed by atoms with Crippen LogP contribution in [0.15, 0.2) is 28.7 Å². The average Bonchev–Trinajstić information content (AvgIpc) is 2.35. The number of halogens is 4. The number of rotatable bonds is 3. The third-order valence-corrected chi connectivity index (χ3v) is 3.31. The number of aromatic nitrogens is 1. The molecule has 1 aromatic carbocycles. The highest BCUT2D eigenvalue weighted by molar-refractivity contribution is 9.10. The van der Waals surface area contributed by atoms with Crippen LogP contribution in [0.5, 0.6) is 11.6 Å². The molecule has 0 saturated carbocycles. The van der Waals surface area contributed by atoms with Gasteiger partial charge in [-0.25, -0.2) is 10.2 Å². The largest absolute Gasteiger partial charge is 0.436 e. The van der Waals surface area contributed by atoms with E-state index in [1.807, 2.05) is 0 Å². The lowest BCUT2D eigenvalue weighted by Gasteiger charge is -2.10. The molecule has 0 fully saturated rings. The number of pyridine rings is 1. The zero-order chi connectivity index (χ0) is 14.0. The van der Waals surface area contributed by atoms with E-state index in [-0.39, 0.29) is 21.7 Å². The summed E-state index contributed by atoms with van der Waals surface area (Å²) in [6, 6.07) is 5.41. The molecule has 0 aliphatic rings. The number of benzene rings is 1. The lowest BCUT2D eigenvalue weighted by molar-refractivity contribution is 0.459. The first-order valence-corrected chi connectivity index (χ1v) is 6.51. The zero-order valence-electron chi connectivity index (χ0n) is 9.25. The summed E-state index contributed by atoms with van der Waals surface area (Å²) >= 11 is 15.0. The number of nitrogens with one attached hydrogen (secondary N) is 1. The Labute approximate surface area is 126 Å². The minimum absolute atomic E-state index is 0.103. The Kier molecular flexibility index (Phi) is 4.46.